The van der Waals surface area contributed by atoms with Gasteiger partial charge in [0, 0.05) is 6.07 Å². The van der Waals surface area contributed by atoms with E-state index < -0.39 is 40.7 Å². The van der Waals surface area contributed by atoms with Gasteiger partial charge in [0.05, 0.1) is 35.8 Å². The van der Waals surface area contributed by atoms with E-state index in [2.05, 4.69) is 0 Å². The van der Waals surface area contributed by atoms with Gasteiger partial charge in [0.1, 0.15) is 5.56 Å². The summed E-state index contributed by atoms with van der Waals surface area (Å²) in [6.45, 7) is 1.25. The molecule has 0 fully saturated rings. The Morgan fingerprint density at radius 2 is 1.72 bits per heavy atom. The van der Waals surface area contributed by atoms with Crippen molar-refractivity contribution in [1.82, 2.24) is 4.90 Å². The van der Waals surface area contributed by atoms with Crippen molar-refractivity contribution in [2.45, 2.75) is 6.92 Å². The van der Waals surface area contributed by atoms with Crippen molar-refractivity contribution in [3.8, 4) is 11.5 Å². The summed E-state index contributed by atoms with van der Waals surface area (Å²) in [7, 11) is 1.31. The number of hydrogen-bond donors (Lipinski definition) is 0. The van der Waals surface area contributed by atoms with E-state index in [1.807, 2.05) is 0 Å². The van der Waals surface area contributed by atoms with Crippen LogP contribution in [0.1, 0.15) is 38.0 Å². The summed E-state index contributed by atoms with van der Waals surface area (Å²) >= 11 is 0. The number of methoxy groups -OCH3 is 1. The highest BCUT2D eigenvalue weighted by atomic mass is 16.6. The fraction of sp³-hybridized carbons (Fsp3) is 0.211. The fourth-order valence-electron chi connectivity index (χ4n) is 2.85. The molecule has 0 aromatic heterocycles. The van der Waals surface area contributed by atoms with Crippen molar-refractivity contribution >= 4 is 23.5 Å². The molecule has 29 heavy (non-hydrogen) atoms. The van der Waals surface area contributed by atoms with Crippen LogP contribution in [0.3, 0.4) is 0 Å². The number of nitro benzene ring substituents is 1. The van der Waals surface area contributed by atoms with Crippen LogP contribution in [-0.4, -0.2) is 48.1 Å². The molecule has 0 bridgehead atoms. The number of benzene rings is 2. The lowest BCUT2D eigenvalue weighted by molar-refractivity contribution is -0.385. The summed E-state index contributed by atoms with van der Waals surface area (Å²) in [5.41, 5.74) is -0.557. The molecular formula is C19H16N2O8. The number of imide groups is 1. The van der Waals surface area contributed by atoms with E-state index in [0.717, 1.165) is 17.0 Å². The Labute approximate surface area is 164 Å². The number of ether oxygens (including phenoxy) is 3. The van der Waals surface area contributed by atoms with Crippen molar-refractivity contribution in [3.05, 3.63) is 63.2 Å². The first-order valence-corrected chi connectivity index (χ1v) is 8.50. The fourth-order valence-corrected chi connectivity index (χ4v) is 2.85. The van der Waals surface area contributed by atoms with Crippen molar-refractivity contribution in [3.63, 3.8) is 0 Å². The zero-order valence-electron chi connectivity index (χ0n) is 15.5. The van der Waals surface area contributed by atoms with Gasteiger partial charge in [-0.15, -0.1) is 0 Å². The van der Waals surface area contributed by atoms with E-state index in [1.54, 1.807) is 19.1 Å². The first-order valence-electron chi connectivity index (χ1n) is 8.50. The summed E-state index contributed by atoms with van der Waals surface area (Å²) in [6.07, 6.45) is 0. The summed E-state index contributed by atoms with van der Waals surface area (Å²) < 4.78 is 15.4. The van der Waals surface area contributed by atoms with Crippen molar-refractivity contribution in [2.24, 2.45) is 0 Å². The largest absolute Gasteiger partial charge is 0.493 e. The Hall–Kier alpha value is -3.95. The van der Waals surface area contributed by atoms with E-state index >= 15 is 0 Å². The standard InChI is InChI=1S/C19H16N2O8/c1-3-28-16-8-13(14(21(25)26)9-15(16)27-2)19(24)29-10-20-17(22)11-6-4-5-7-12(11)18(20)23/h4-9H,3,10H2,1-2H3. The van der Waals surface area contributed by atoms with Crippen LogP contribution in [0.5, 0.6) is 11.5 Å². The zero-order valence-corrected chi connectivity index (χ0v) is 15.5. The highest BCUT2D eigenvalue weighted by Gasteiger charge is 2.36. The molecule has 0 N–H and O–H groups in total. The normalized spacial score (nSPS) is 12.6. The molecular weight excluding hydrogens is 384 g/mol. The molecule has 0 saturated carbocycles. The van der Waals surface area contributed by atoms with Gasteiger partial charge in [-0.05, 0) is 19.1 Å². The van der Waals surface area contributed by atoms with Gasteiger partial charge in [-0.2, -0.15) is 0 Å². The van der Waals surface area contributed by atoms with Gasteiger partial charge in [-0.3, -0.25) is 19.7 Å². The Morgan fingerprint density at radius 1 is 1.10 bits per heavy atom. The van der Waals surface area contributed by atoms with E-state index in [1.165, 1.54) is 19.2 Å². The minimum absolute atomic E-state index is 0.0791. The van der Waals surface area contributed by atoms with Gasteiger partial charge in [0.25, 0.3) is 17.5 Å². The molecule has 2 amide bonds. The Morgan fingerprint density at radius 3 is 2.24 bits per heavy atom. The predicted molar refractivity (Wildman–Crippen MR) is 98.0 cm³/mol. The maximum Gasteiger partial charge on any atom is 0.347 e. The van der Waals surface area contributed by atoms with Crippen LogP contribution in [0.25, 0.3) is 0 Å². The molecule has 2 aromatic rings. The third-order valence-corrected chi connectivity index (χ3v) is 4.20. The van der Waals surface area contributed by atoms with E-state index in [9.17, 15) is 24.5 Å². The van der Waals surface area contributed by atoms with Crippen LogP contribution in [0.4, 0.5) is 5.69 Å². The summed E-state index contributed by atoms with van der Waals surface area (Å²) in [5, 5.41) is 11.4. The topological polar surface area (TPSA) is 125 Å². The Bertz CT molecular complexity index is 982. The van der Waals surface area contributed by atoms with E-state index in [4.69, 9.17) is 14.2 Å². The van der Waals surface area contributed by atoms with Crippen LogP contribution < -0.4 is 9.47 Å². The van der Waals surface area contributed by atoms with E-state index in [-0.39, 0.29) is 29.2 Å². The highest BCUT2D eigenvalue weighted by molar-refractivity contribution is 6.21. The first kappa shape index (κ1) is 19.8. The number of hydrogen-bond acceptors (Lipinski definition) is 8. The second-order valence-corrected chi connectivity index (χ2v) is 5.86. The van der Waals surface area contributed by atoms with Gasteiger partial charge < -0.3 is 14.2 Å². The molecule has 10 heteroatoms. The molecule has 0 unspecified atom stereocenters. The summed E-state index contributed by atoms with van der Waals surface area (Å²) in [6, 6.07) is 8.36. The number of carbonyl (C=O) groups is 3. The average Bonchev–Trinajstić information content (AvgIpc) is 2.96. The van der Waals surface area contributed by atoms with Gasteiger partial charge in [-0.1, -0.05) is 12.1 Å². The Kier molecular flexibility index (Phi) is 5.44. The maximum absolute atomic E-state index is 12.5. The molecule has 2 aromatic carbocycles. The number of fused-ring (bicyclic) bond motifs is 1. The Balaban J connectivity index is 1.84. The third-order valence-electron chi connectivity index (χ3n) is 4.20. The maximum atomic E-state index is 12.5. The molecule has 150 valence electrons. The number of esters is 1. The molecule has 0 spiro atoms. The second kappa shape index (κ2) is 7.97. The molecule has 0 saturated heterocycles. The van der Waals surface area contributed by atoms with Crippen LogP contribution >= 0.6 is 0 Å². The molecule has 0 aliphatic carbocycles. The minimum Gasteiger partial charge on any atom is -0.493 e. The van der Waals surface area contributed by atoms with Crippen molar-refractivity contribution < 1.29 is 33.5 Å². The lowest BCUT2D eigenvalue weighted by Crippen LogP contribution is -2.33. The van der Waals surface area contributed by atoms with Gasteiger partial charge >= 0.3 is 5.97 Å². The molecule has 0 radical (unpaired) electrons. The quantitative estimate of drug-likeness (QED) is 0.300. The minimum atomic E-state index is -1.09. The van der Waals surface area contributed by atoms with Crippen molar-refractivity contribution in [1.29, 1.82) is 0 Å². The monoisotopic (exact) mass is 400 g/mol. The summed E-state index contributed by atoms with van der Waals surface area (Å²) in [4.78, 5) is 48.5. The number of amides is 2. The lowest BCUT2D eigenvalue weighted by Gasteiger charge is -2.15. The van der Waals surface area contributed by atoms with Crippen LogP contribution in [-0.2, 0) is 4.74 Å². The predicted octanol–water partition coefficient (Wildman–Crippen LogP) is 2.41. The number of rotatable bonds is 7. The van der Waals surface area contributed by atoms with Gasteiger partial charge in [0.2, 0.25) is 0 Å². The number of nitro groups is 1. The van der Waals surface area contributed by atoms with Crippen LogP contribution in [0, 0.1) is 10.1 Å². The second-order valence-electron chi connectivity index (χ2n) is 5.86. The molecule has 10 nitrogen and oxygen atoms in total. The number of carbonyl (C=O) groups excluding carboxylic acids is 3. The zero-order chi connectivity index (χ0) is 21.1. The van der Waals surface area contributed by atoms with Gasteiger partial charge in [-0.25, -0.2) is 9.69 Å². The molecule has 1 heterocycles. The SMILES string of the molecule is CCOc1cc(C(=O)OCN2C(=O)c3ccccc3C2=O)c([N+](=O)[O-])cc1OC. The number of nitrogens with zero attached hydrogens (tertiary/aromatic N) is 2. The molecule has 1 aliphatic heterocycles. The van der Waals surface area contributed by atoms with Crippen molar-refractivity contribution in [2.75, 3.05) is 20.4 Å². The highest BCUT2D eigenvalue weighted by Crippen LogP contribution is 2.35. The third kappa shape index (κ3) is 3.59. The average molecular weight is 400 g/mol. The van der Waals surface area contributed by atoms with E-state index in [0.29, 0.717) is 0 Å². The summed E-state index contributed by atoms with van der Waals surface area (Å²) in [5.74, 6) is -2.11. The van der Waals surface area contributed by atoms with Crippen LogP contribution in [0.15, 0.2) is 36.4 Å². The first-order chi connectivity index (χ1) is 13.9. The molecule has 0 atom stereocenters. The van der Waals surface area contributed by atoms with Crippen LogP contribution in [0.2, 0.25) is 0 Å². The molecule has 1 aliphatic rings. The smallest absolute Gasteiger partial charge is 0.347 e. The molecule has 3 rings (SSSR count). The lowest BCUT2D eigenvalue weighted by atomic mass is 10.1. The van der Waals surface area contributed by atoms with Gasteiger partial charge in [0.15, 0.2) is 18.2 Å².